The highest BCUT2D eigenvalue weighted by atomic mass is 19.4. The van der Waals surface area contributed by atoms with Gasteiger partial charge in [-0.2, -0.15) is 13.2 Å². The number of alkyl halides is 3. The van der Waals surface area contributed by atoms with Crippen LogP contribution in [0, 0.1) is 17.3 Å². The minimum atomic E-state index is -4.46. The predicted octanol–water partition coefficient (Wildman–Crippen LogP) is 3.80. The van der Waals surface area contributed by atoms with Crippen molar-refractivity contribution < 1.29 is 22.7 Å². The molecule has 0 saturated carbocycles. The number of rotatable bonds is 4. The first-order chi connectivity index (χ1) is 7.42. The predicted molar refractivity (Wildman–Crippen MR) is 59.4 cm³/mol. The monoisotopic (exact) mass is 254 g/mol. The van der Waals surface area contributed by atoms with Gasteiger partial charge in [0.1, 0.15) is 0 Å². The van der Waals surface area contributed by atoms with Crippen LogP contribution in [0.5, 0.6) is 0 Å². The van der Waals surface area contributed by atoms with Crippen LogP contribution in [0.1, 0.15) is 41.0 Å². The van der Waals surface area contributed by atoms with Crippen molar-refractivity contribution in [3.8, 4) is 0 Å². The minimum Gasteiger partial charge on any atom is -0.456 e. The van der Waals surface area contributed by atoms with Crippen molar-refractivity contribution in [1.82, 2.24) is 0 Å². The summed E-state index contributed by atoms with van der Waals surface area (Å²) >= 11 is 0. The summed E-state index contributed by atoms with van der Waals surface area (Å²) in [5.41, 5.74) is -0.119. The van der Waals surface area contributed by atoms with Crippen molar-refractivity contribution >= 4 is 5.97 Å². The van der Waals surface area contributed by atoms with E-state index in [1.807, 2.05) is 34.6 Å². The third-order valence-electron chi connectivity index (χ3n) is 2.32. The molecule has 0 rings (SSSR count). The van der Waals surface area contributed by atoms with Gasteiger partial charge >= 0.3 is 12.1 Å². The largest absolute Gasteiger partial charge is 0.456 e. The lowest BCUT2D eigenvalue weighted by atomic mass is 9.80. The molecule has 102 valence electrons. The average Bonchev–Trinajstić information content (AvgIpc) is 2.07. The van der Waals surface area contributed by atoms with Crippen LogP contribution < -0.4 is 0 Å². The van der Waals surface area contributed by atoms with Gasteiger partial charge in [-0.05, 0) is 17.8 Å². The van der Waals surface area contributed by atoms with Gasteiger partial charge in [0, 0.05) is 0 Å². The molecule has 0 amide bonds. The van der Waals surface area contributed by atoms with Crippen LogP contribution in [0.3, 0.4) is 0 Å². The Morgan fingerprint density at radius 1 is 1.18 bits per heavy atom. The van der Waals surface area contributed by atoms with Crippen LogP contribution in [-0.4, -0.2) is 18.8 Å². The third-order valence-corrected chi connectivity index (χ3v) is 2.32. The molecule has 2 nitrogen and oxygen atoms in total. The Morgan fingerprint density at radius 2 is 1.65 bits per heavy atom. The zero-order chi connectivity index (χ0) is 13.9. The Hall–Kier alpha value is -0.740. The summed E-state index contributed by atoms with van der Waals surface area (Å²) in [7, 11) is 0. The first kappa shape index (κ1) is 16.3. The Morgan fingerprint density at radius 3 is 1.94 bits per heavy atom. The SMILES string of the molecule is CC(C)C(CC(C)(C)C)C(=O)OCC(F)(F)F. The van der Waals surface area contributed by atoms with Gasteiger partial charge in [0.15, 0.2) is 6.61 Å². The molecule has 1 unspecified atom stereocenters. The quantitative estimate of drug-likeness (QED) is 0.713. The Balaban J connectivity index is 4.47. The lowest BCUT2D eigenvalue weighted by Gasteiger charge is -2.27. The van der Waals surface area contributed by atoms with Gasteiger partial charge in [-0.3, -0.25) is 4.79 Å². The molecule has 0 aliphatic carbocycles. The molecule has 5 heteroatoms. The molecule has 0 saturated heterocycles. The van der Waals surface area contributed by atoms with Gasteiger partial charge in [0.2, 0.25) is 0 Å². The molecule has 0 radical (unpaired) electrons. The van der Waals surface area contributed by atoms with E-state index in [1.165, 1.54) is 0 Å². The highest BCUT2D eigenvalue weighted by Crippen LogP contribution is 2.30. The van der Waals surface area contributed by atoms with Crippen molar-refractivity contribution in [2.45, 2.75) is 47.2 Å². The van der Waals surface area contributed by atoms with Crippen LogP contribution >= 0.6 is 0 Å². The van der Waals surface area contributed by atoms with Crippen LogP contribution in [0.15, 0.2) is 0 Å². The van der Waals surface area contributed by atoms with E-state index in [0.717, 1.165) is 0 Å². The van der Waals surface area contributed by atoms with E-state index in [4.69, 9.17) is 0 Å². The second kappa shape index (κ2) is 5.74. The van der Waals surface area contributed by atoms with Crippen LogP contribution in [0.25, 0.3) is 0 Å². The Kier molecular flexibility index (Phi) is 5.49. The van der Waals surface area contributed by atoms with Crippen LogP contribution in [-0.2, 0) is 9.53 Å². The number of ether oxygens (including phenoxy) is 1. The molecule has 0 aliphatic heterocycles. The maximum Gasteiger partial charge on any atom is 0.422 e. The number of hydrogen-bond donors (Lipinski definition) is 0. The second-order valence-corrected chi connectivity index (χ2v) is 5.84. The number of hydrogen-bond acceptors (Lipinski definition) is 2. The molecule has 0 spiro atoms. The summed E-state index contributed by atoms with van der Waals surface area (Å²) in [5, 5.41) is 0. The lowest BCUT2D eigenvalue weighted by Crippen LogP contribution is -2.30. The summed E-state index contributed by atoms with van der Waals surface area (Å²) in [6, 6.07) is 0. The molecule has 0 heterocycles. The van der Waals surface area contributed by atoms with Crippen LogP contribution in [0.4, 0.5) is 13.2 Å². The van der Waals surface area contributed by atoms with Gasteiger partial charge < -0.3 is 4.74 Å². The molecule has 17 heavy (non-hydrogen) atoms. The molecular weight excluding hydrogens is 233 g/mol. The molecule has 0 aromatic heterocycles. The first-order valence-electron chi connectivity index (χ1n) is 5.66. The van der Waals surface area contributed by atoms with E-state index in [9.17, 15) is 18.0 Å². The normalized spacial score (nSPS) is 14.9. The van der Waals surface area contributed by atoms with Crippen molar-refractivity contribution in [2.75, 3.05) is 6.61 Å². The standard InChI is InChI=1S/C12H21F3O2/c1-8(2)9(6-11(3,4)5)10(16)17-7-12(13,14)15/h8-9H,6-7H2,1-5H3. The van der Waals surface area contributed by atoms with E-state index in [2.05, 4.69) is 4.74 Å². The van der Waals surface area contributed by atoms with Gasteiger partial charge in [-0.25, -0.2) is 0 Å². The van der Waals surface area contributed by atoms with Crippen LogP contribution in [0.2, 0.25) is 0 Å². The molecule has 0 N–H and O–H groups in total. The highest BCUT2D eigenvalue weighted by Gasteiger charge is 2.33. The fourth-order valence-electron chi connectivity index (χ4n) is 1.51. The van der Waals surface area contributed by atoms with E-state index in [0.29, 0.717) is 6.42 Å². The molecule has 0 aliphatic rings. The average molecular weight is 254 g/mol. The van der Waals surface area contributed by atoms with Gasteiger partial charge in [-0.1, -0.05) is 34.6 Å². The summed E-state index contributed by atoms with van der Waals surface area (Å²) in [5.74, 6) is -1.28. The zero-order valence-electron chi connectivity index (χ0n) is 11.0. The smallest absolute Gasteiger partial charge is 0.422 e. The van der Waals surface area contributed by atoms with Gasteiger partial charge in [0.25, 0.3) is 0 Å². The van der Waals surface area contributed by atoms with E-state index in [1.54, 1.807) is 0 Å². The number of carbonyl (C=O) groups excluding carboxylic acids is 1. The highest BCUT2D eigenvalue weighted by molar-refractivity contribution is 5.72. The molecule has 0 aromatic carbocycles. The Bertz CT molecular complexity index is 251. The number of carbonyl (C=O) groups is 1. The molecule has 0 fully saturated rings. The van der Waals surface area contributed by atoms with Gasteiger partial charge in [0.05, 0.1) is 5.92 Å². The lowest BCUT2D eigenvalue weighted by molar-refractivity contribution is -0.190. The summed E-state index contributed by atoms with van der Waals surface area (Å²) in [6.07, 6.45) is -3.94. The summed E-state index contributed by atoms with van der Waals surface area (Å²) in [4.78, 5) is 11.6. The minimum absolute atomic E-state index is 0.0324. The van der Waals surface area contributed by atoms with E-state index in [-0.39, 0.29) is 11.3 Å². The maximum atomic E-state index is 11.9. The second-order valence-electron chi connectivity index (χ2n) is 5.84. The van der Waals surface area contributed by atoms with E-state index < -0.39 is 24.7 Å². The molecule has 1 atom stereocenters. The molecular formula is C12H21F3O2. The fraction of sp³-hybridized carbons (Fsp3) is 0.917. The van der Waals surface area contributed by atoms with Crippen molar-refractivity contribution in [3.63, 3.8) is 0 Å². The summed E-state index contributed by atoms with van der Waals surface area (Å²) in [6.45, 7) is 7.95. The van der Waals surface area contributed by atoms with E-state index >= 15 is 0 Å². The fourth-order valence-corrected chi connectivity index (χ4v) is 1.51. The first-order valence-corrected chi connectivity index (χ1v) is 5.66. The topological polar surface area (TPSA) is 26.3 Å². The van der Waals surface area contributed by atoms with Crippen molar-refractivity contribution in [2.24, 2.45) is 17.3 Å². The summed E-state index contributed by atoms with van der Waals surface area (Å²) < 4.78 is 40.1. The Labute approximate surface area is 101 Å². The molecule has 0 bridgehead atoms. The van der Waals surface area contributed by atoms with Crippen molar-refractivity contribution in [3.05, 3.63) is 0 Å². The maximum absolute atomic E-state index is 11.9. The third kappa shape index (κ3) is 8.05. The molecule has 0 aromatic rings. The zero-order valence-corrected chi connectivity index (χ0v) is 11.0. The van der Waals surface area contributed by atoms with Crippen molar-refractivity contribution in [1.29, 1.82) is 0 Å². The van der Waals surface area contributed by atoms with Gasteiger partial charge in [-0.15, -0.1) is 0 Å². The number of esters is 1. The number of halogens is 3.